The molecule has 4 heteroatoms. The lowest BCUT2D eigenvalue weighted by Crippen LogP contribution is -2.23. The molecule has 1 aromatic carbocycles. The summed E-state index contributed by atoms with van der Waals surface area (Å²) in [5.41, 5.74) is 8.52. The smallest absolute Gasteiger partial charge is 0.0543 e. The SMILES string of the molecule is Cl.NC[C@@H]1CN(Cc2ccccn2)C[C@H]1c1ccccc1. The highest BCUT2D eigenvalue weighted by Crippen LogP contribution is 2.32. The molecule has 0 unspecified atom stereocenters. The lowest BCUT2D eigenvalue weighted by atomic mass is 9.89. The van der Waals surface area contributed by atoms with E-state index in [0.29, 0.717) is 11.8 Å². The number of likely N-dealkylation sites (tertiary alicyclic amines) is 1. The van der Waals surface area contributed by atoms with E-state index in [1.807, 2.05) is 18.3 Å². The van der Waals surface area contributed by atoms with Gasteiger partial charge in [-0.15, -0.1) is 12.4 Å². The Bertz CT molecular complexity index is 532. The summed E-state index contributed by atoms with van der Waals surface area (Å²) >= 11 is 0. The van der Waals surface area contributed by atoms with Crippen LogP contribution in [0.5, 0.6) is 0 Å². The molecule has 2 aromatic rings. The first-order chi connectivity index (χ1) is 9.86. The molecule has 2 atom stereocenters. The van der Waals surface area contributed by atoms with Crippen molar-refractivity contribution in [3.05, 3.63) is 66.0 Å². The van der Waals surface area contributed by atoms with Gasteiger partial charge in [0.2, 0.25) is 0 Å². The van der Waals surface area contributed by atoms with E-state index >= 15 is 0 Å². The van der Waals surface area contributed by atoms with E-state index in [2.05, 4.69) is 46.3 Å². The van der Waals surface area contributed by atoms with E-state index in [1.165, 1.54) is 5.56 Å². The number of hydrogen-bond acceptors (Lipinski definition) is 3. The van der Waals surface area contributed by atoms with Gasteiger partial charge in [0.1, 0.15) is 0 Å². The van der Waals surface area contributed by atoms with Crippen molar-refractivity contribution >= 4 is 12.4 Å². The molecule has 0 radical (unpaired) electrons. The Labute approximate surface area is 132 Å². The third-order valence-electron chi connectivity index (χ3n) is 4.16. The average Bonchev–Trinajstić information content (AvgIpc) is 2.92. The number of aromatic nitrogens is 1. The highest BCUT2D eigenvalue weighted by Gasteiger charge is 2.32. The summed E-state index contributed by atoms with van der Waals surface area (Å²) < 4.78 is 0. The van der Waals surface area contributed by atoms with E-state index < -0.39 is 0 Å². The number of nitrogens with zero attached hydrogens (tertiary/aromatic N) is 2. The minimum atomic E-state index is 0. The first-order valence-corrected chi connectivity index (χ1v) is 7.24. The maximum atomic E-state index is 5.97. The first-order valence-electron chi connectivity index (χ1n) is 7.24. The van der Waals surface area contributed by atoms with Crippen molar-refractivity contribution in [2.45, 2.75) is 12.5 Å². The highest BCUT2D eigenvalue weighted by atomic mass is 35.5. The fourth-order valence-corrected chi connectivity index (χ4v) is 3.13. The van der Waals surface area contributed by atoms with E-state index in [4.69, 9.17) is 5.73 Å². The average molecular weight is 304 g/mol. The van der Waals surface area contributed by atoms with Crippen molar-refractivity contribution < 1.29 is 0 Å². The van der Waals surface area contributed by atoms with Crippen molar-refractivity contribution in [1.82, 2.24) is 9.88 Å². The molecule has 2 heterocycles. The van der Waals surface area contributed by atoms with E-state index in [-0.39, 0.29) is 12.4 Å². The monoisotopic (exact) mass is 303 g/mol. The molecule has 3 rings (SSSR count). The molecule has 1 aliphatic heterocycles. The molecular formula is C17H22ClN3. The molecular weight excluding hydrogens is 282 g/mol. The van der Waals surface area contributed by atoms with Crippen LogP contribution in [0.1, 0.15) is 17.2 Å². The zero-order valence-electron chi connectivity index (χ0n) is 12.1. The van der Waals surface area contributed by atoms with Gasteiger partial charge in [0.25, 0.3) is 0 Å². The number of hydrogen-bond donors (Lipinski definition) is 1. The summed E-state index contributed by atoms with van der Waals surface area (Å²) in [6.07, 6.45) is 1.86. The molecule has 112 valence electrons. The molecule has 0 bridgehead atoms. The quantitative estimate of drug-likeness (QED) is 0.944. The molecule has 0 spiro atoms. The second-order valence-corrected chi connectivity index (χ2v) is 5.53. The fourth-order valence-electron chi connectivity index (χ4n) is 3.13. The predicted molar refractivity (Wildman–Crippen MR) is 88.5 cm³/mol. The number of halogens is 1. The van der Waals surface area contributed by atoms with Gasteiger partial charge in [-0.2, -0.15) is 0 Å². The Hall–Kier alpha value is -1.42. The molecule has 1 aromatic heterocycles. The van der Waals surface area contributed by atoms with Crippen LogP contribution >= 0.6 is 12.4 Å². The van der Waals surface area contributed by atoms with Crippen LogP contribution in [0.3, 0.4) is 0 Å². The number of rotatable bonds is 4. The maximum Gasteiger partial charge on any atom is 0.0543 e. The molecule has 1 saturated heterocycles. The molecule has 1 fully saturated rings. The lowest BCUT2D eigenvalue weighted by Gasteiger charge is -2.16. The fraction of sp³-hybridized carbons (Fsp3) is 0.353. The van der Waals surface area contributed by atoms with Crippen LogP contribution in [0.2, 0.25) is 0 Å². The number of nitrogens with two attached hydrogens (primary N) is 1. The van der Waals surface area contributed by atoms with Gasteiger partial charge >= 0.3 is 0 Å². The van der Waals surface area contributed by atoms with Gasteiger partial charge in [-0.1, -0.05) is 36.4 Å². The van der Waals surface area contributed by atoms with Crippen molar-refractivity contribution in [1.29, 1.82) is 0 Å². The molecule has 21 heavy (non-hydrogen) atoms. The molecule has 0 amide bonds. The molecule has 3 nitrogen and oxygen atoms in total. The maximum absolute atomic E-state index is 5.97. The van der Waals surface area contributed by atoms with Gasteiger partial charge in [0.05, 0.1) is 5.69 Å². The molecule has 0 aliphatic carbocycles. The van der Waals surface area contributed by atoms with Crippen molar-refractivity contribution in [2.24, 2.45) is 11.7 Å². The third kappa shape index (κ3) is 3.82. The molecule has 0 saturated carbocycles. The van der Waals surface area contributed by atoms with Crippen molar-refractivity contribution in [3.63, 3.8) is 0 Å². The lowest BCUT2D eigenvalue weighted by molar-refractivity contribution is 0.313. The van der Waals surface area contributed by atoms with Crippen LogP contribution in [-0.2, 0) is 6.54 Å². The summed E-state index contributed by atoms with van der Waals surface area (Å²) in [6.45, 7) is 3.80. The number of pyridine rings is 1. The van der Waals surface area contributed by atoms with Gasteiger partial charge in [0, 0.05) is 31.7 Å². The van der Waals surface area contributed by atoms with Crippen LogP contribution in [0, 0.1) is 5.92 Å². The van der Waals surface area contributed by atoms with Crippen LogP contribution in [-0.4, -0.2) is 29.5 Å². The zero-order chi connectivity index (χ0) is 13.8. The molecule has 2 N–H and O–H groups in total. The second-order valence-electron chi connectivity index (χ2n) is 5.53. The Morgan fingerprint density at radius 1 is 1.05 bits per heavy atom. The Morgan fingerprint density at radius 2 is 1.81 bits per heavy atom. The van der Waals surface area contributed by atoms with E-state index in [1.54, 1.807) is 0 Å². The van der Waals surface area contributed by atoms with Crippen LogP contribution in [0.4, 0.5) is 0 Å². The minimum Gasteiger partial charge on any atom is -0.330 e. The summed E-state index contributed by atoms with van der Waals surface area (Å²) in [5, 5.41) is 0. The van der Waals surface area contributed by atoms with Crippen LogP contribution < -0.4 is 5.73 Å². The van der Waals surface area contributed by atoms with Crippen LogP contribution in [0.15, 0.2) is 54.7 Å². The standard InChI is InChI=1S/C17H21N3.ClH/c18-10-15-11-20(12-16-8-4-5-9-19-16)13-17(15)14-6-2-1-3-7-14;/h1-9,15,17H,10-13,18H2;1H/t15-,17+;/m1./s1. The van der Waals surface area contributed by atoms with Gasteiger partial charge in [-0.3, -0.25) is 9.88 Å². The highest BCUT2D eigenvalue weighted by molar-refractivity contribution is 5.85. The first kappa shape index (κ1) is 16.0. The van der Waals surface area contributed by atoms with E-state index in [9.17, 15) is 0 Å². The Morgan fingerprint density at radius 3 is 2.48 bits per heavy atom. The third-order valence-corrected chi connectivity index (χ3v) is 4.16. The normalized spacial score (nSPS) is 22.0. The summed E-state index contributed by atoms with van der Waals surface area (Å²) in [7, 11) is 0. The van der Waals surface area contributed by atoms with Gasteiger partial charge < -0.3 is 5.73 Å². The van der Waals surface area contributed by atoms with E-state index in [0.717, 1.165) is 31.9 Å². The topological polar surface area (TPSA) is 42.1 Å². The van der Waals surface area contributed by atoms with Crippen molar-refractivity contribution in [2.75, 3.05) is 19.6 Å². The number of benzene rings is 1. The summed E-state index contributed by atoms with van der Waals surface area (Å²) in [4.78, 5) is 6.89. The van der Waals surface area contributed by atoms with Gasteiger partial charge in [0.15, 0.2) is 0 Å². The minimum absolute atomic E-state index is 0. The second kappa shape index (κ2) is 7.55. The largest absolute Gasteiger partial charge is 0.330 e. The summed E-state index contributed by atoms with van der Waals surface area (Å²) in [5.74, 6) is 1.09. The predicted octanol–water partition coefficient (Wildman–Crippen LogP) is 2.68. The molecule has 1 aliphatic rings. The van der Waals surface area contributed by atoms with Gasteiger partial charge in [-0.05, 0) is 30.2 Å². The zero-order valence-corrected chi connectivity index (χ0v) is 12.9. The van der Waals surface area contributed by atoms with Gasteiger partial charge in [-0.25, -0.2) is 0 Å². The Balaban J connectivity index is 0.00000161. The Kier molecular flexibility index (Phi) is 5.74. The van der Waals surface area contributed by atoms with Crippen molar-refractivity contribution in [3.8, 4) is 0 Å². The van der Waals surface area contributed by atoms with Crippen LogP contribution in [0.25, 0.3) is 0 Å². The summed E-state index contributed by atoms with van der Waals surface area (Å²) in [6, 6.07) is 16.8.